The van der Waals surface area contributed by atoms with Gasteiger partial charge in [0.25, 0.3) is 0 Å². The molecule has 1 aromatic heterocycles. The largest absolute Gasteiger partial charge is 0.367 e. The van der Waals surface area contributed by atoms with Gasteiger partial charge in [-0.05, 0) is 6.42 Å². The summed E-state index contributed by atoms with van der Waals surface area (Å²) in [5.74, 6) is 5.35. The molecule has 0 aliphatic heterocycles. The van der Waals surface area contributed by atoms with E-state index in [9.17, 15) is 8.60 Å². The zero-order chi connectivity index (χ0) is 12.0. The van der Waals surface area contributed by atoms with Crippen LogP contribution in [0.5, 0.6) is 0 Å². The van der Waals surface area contributed by atoms with Crippen LogP contribution in [0.25, 0.3) is 0 Å². The standard InChI is InChI=1S/C8H14FN5OS/c1-16(15)4-2-3-11-7-6(9)5-12-8(13-7)14-10/h5H,2-4,10H2,1H3,(H2,11,12,13,14). The summed E-state index contributed by atoms with van der Waals surface area (Å²) >= 11 is 0. The molecule has 16 heavy (non-hydrogen) atoms. The van der Waals surface area contributed by atoms with E-state index in [-0.39, 0.29) is 11.8 Å². The van der Waals surface area contributed by atoms with Crippen molar-refractivity contribution in [2.75, 3.05) is 29.3 Å². The Morgan fingerprint density at radius 3 is 3.00 bits per heavy atom. The van der Waals surface area contributed by atoms with Crippen molar-refractivity contribution in [3.8, 4) is 0 Å². The van der Waals surface area contributed by atoms with E-state index in [4.69, 9.17) is 5.84 Å². The molecule has 0 bridgehead atoms. The van der Waals surface area contributed by atoms with E-state index in [1.165, 1.54) is 0 Å². The Morgan fingerprint density at radius 1 is 1.62 bits per heavy atom. The summed E-state index contributed by atoms with van der Waals surface area (Å²) in [6.07, 6.45) is 3.34. The number of hydrogen-bond donors (Lipinski definition) is 3. The van der Waals surface area contributed by atoms with Gasteiger partial charge in [-0.1, -0.05) is 0 Å². The second kappa shape index (κ2) is 6.33. The molecule has 8 heteroatoms. The summed E-state index contributed by atoms with van der Waals surface area (Å²) in [5, 5.41) is 2.79. The van der Waals surface area contributed by atoms with Crippen molar-refractivity contribution in [3.63, 3.8) is 0 Å². The predicted octanol–water partition coefficient (Wildman–Crippen LogP) is 0.0818. The number of halogens is 1. The number of anilines is 2. The zero-order valence-corrected chi connectivity index (χ0v) is 9.68. The molecule has 1 heterocycles. The quantitative estimate of drug-likeness (QED) is 0.374. The number of nitrogens with one attached hydrogen (secondary N) is 2. The van der Waals surface area contributed by atoms with Crippen LogP contribution in [0.15, 0.2) is 6.20 Å². The maximum absolute atomic E-state index is 13.2. The van der Waals surface area contributed by atoms with Crippen molar-refractivity contribution in [2.45, 2.75) is 6.42 Å². The van der Waals surface area contributed by atoms with Crippen LogP contribution in [0.4, 0.5) is 16.2 Å². The van der Waals surface area contributed by atoms with Gasteiger partial charge in [-0.2, -0.15) is 4.98 Å². The Hall–Kier alpha value is -1.28. The maximum Gasteiger partial charge on any atom is 0.239 e. The second-order valence-electron chi connectivity index (χ2n) is 3.09. The molecule has 0 aliphatic carbocycles. The third-order valence-corrected chi connectivity index (χ3v) is 2.64. The van der Waals surface area contributed by atoms with E-state index in [1.807, 2.05) is 0 Å². The van der Waals surface area contributed by atoms with Gasteiger partial charge in [0.2, 0.25) is 5.95 Å². The number of hydrogen-bond acceptors (Lipinski definition) is 6. The van der Waals surface area contributed by atoms with Gasteiger partial charge < -0.3 is 5.32 Å². The minimum Gasteiger partial charge on any atom is -0.367 e. The number of nitrogen functional groups attached to an aromatic ring is 1. The van der Waals surface area contributed by atoms with E-state index in [0.717, 1.165) is 6.20 Å². The highest BCUT2D eigenvalue weighted by Crippen LogP contribution is 2.10. The fourth-order valence-electron chi connectivity index (χ4n) is 1.04. The first-order valence-corrected chi connectivity index (χ1v) is 6.39. The van der Waals surface area contributed by atoms with Gasteiger partial charge in [0.15, 0.2) is 11.6 Å². The average molecular weight is 247 g/mol. The molecule has 0 amide bonds. The molecule has 0 fully saturated rings. The van der Waals surface area contributed by atoms with Crippen LogP contribution in [0.1, 0.15) is 6.42 Å². The first-order chi connectivity index (χ1) is 7.63. The molecule has 1 atom stereocenters. The van der Waals surface area contributed by atoms with Gasteiger partial charge in [0, 0.05) is 29.4 Å². The van der Waals surface area contributed by atoms with Crippen LogP contribution >= 0.6 is 0 Å². The molecule has 0 spiro atoms. The van der Waals surface area contributed by atoms with Crippen molar-refractivity contribution in [3.05, 3.63) is 12.0 Å². The van der Waals surface area contributed by atoms with Crippen molar-refractivity contribution < 1.29 is 8.60 Å². The second-order valence-corrected chi connectivity index (χ2v) is 4.65. The minimum absolute atomic E-state index is 0.0878. The summed E-state index contributed by atoms with van der Waals surface area (Å²) in [7, 11) is -0.834. The number of nitrogens with zero attached hydrogens (tertiary/aromatic N) is 2. The van der Waals surface area contributed by atoms with Gasteiger partial charge >= 0.3 is 0 Å². The van der Waals surface area contributed by atoms with Crippen LogP contribution in [0.3, 0.4) is 0 Å². The lowest BCUT2D eigenvalue weighted by molar-refractivity contribution is 0.617. The summed E-state index contributed by atoms with van der Waals surface area (Å²) in [6.45, 7) is 0.498. The zero-order valence-electron chi connectivity index (χ0n) is 8.86. The van der Waals surface area contributed by atoms with Crippen LogP contribution < -0.4 is 16.6 Å². The van der Waals surface area contributed by atoms with Crippen molar-refractivity contribution in [1.29, 1.82) is 0 Å². The van der Waals surface area contributed by atoms with Gasteiger partial charge in [-0.15, -0.1) is 0 Å². The average Bonchev–Trinajstić information content (AvgIpc) is 2.26. The molecule has 1 aromatic rings. The van der Waals surface area contributed by atoms with Gasteiger partial charge in [0.1, 0.15) is 0 Å². The Morgan fingerprint density at radius 2 is 2.38 bits per heavy atom. The van der Waals surface area contributed by atoms with Crippen LogP contribution in [0.2, 0.25) is 0 Å². The Kier molecular flexibility index (Phi) is 5.06. The highest BCUT2D eigenvalue weighted by molar-refractivity contribution is 7.84. The van der Waals surface area contributed by atoms with E-state index in [2.05, 4.69) is 20.7 Å². The smallest absolute Gasteiger partial charge is 0.239 e. The van der Waals surface area contributed by atoms with Crippen LogP contribution in [-0.2, 0) is 10.8 Å². The third kappa shape index (κ3) is 4.07. The molecule has 0 aliphatic rings. The van der Waals surface area contributed by atoms with Crippen molar-refractivity contribution >= 4 is 22.6 Å². The molecular formula is C8H14FN5OS. The Bertz CT molecular complexity index is 375. The lowest BCUT2D eigenvalue weighted by Crippen LogP contribution is -2.14. The molecule has 0 aromatic carbocycles. The minimum atomic E-state index is -0.834. The highest BCUT2D eigenvalue weighted by Gasteiger charge is 2.05. The van der Waals surface area contributed by atoms with Gasteiger partial charge in [-0.25, -0.2) is 15.2 Å². The van der Waals surface area contributed by atoms with Crippen LogP contribution in [-0.4, -0.2) is 32.7 Å². The maximum atomic E-state index is 13.2. The normalized spacial score (nSPS) is 12.2. The lowest BCUT2D eigenvalue weighted by atomic mass is 10.4. The molecular weight excluding hydrogens is 233 g/mol. The molecule has 6 nitrogen and oxygen atoms in total. The summed E-state index contributed by atoms with van der Waals surface area (Å²) in [5.41, 5.74) is 2.23. The molecule has 0 saturated carbocycles. The van der Waals surface area contributed by atoms with Crippen molar-refractivity contribution in [2.24, 2.45) is 5.84 Å². The summed E-state index contributed by atoms with van der Waals surface area (Å²) < 4.78 is 24.0. The number of hydrazine groups is 1. The van der Waals surface area contributed by atoms with E-state index < -0.39 is 16.6 Å². The molecule has 1 rings (SSSR count). The number of nitrogens with two attached hydrogens (primary N) is 1. The molecule has 4 N–H and O–H groups in total. The topological polar surface area (TPSA) is 92.9 Å². The SMILES string of the molecule is CS(=O)CCCNc1nc(NN)ncc1F. The van der Waals surface area contributed by atoms with E-state index in [0.29, 0.717) is 18.7 Å². The van der Waals surface area contributed by atoms with Crippen molar-refractivity contribution in [1.82, 2.24) is 9.97 Å². The molecule has 90 valence electrons. The first-order valence-electron chi connectivity index (χ1n) is 4.66. The predicted molar refractivity (Wildman–Crippen MR) is 61.8 cm³/mol. The van der Waals surface area contributed by atoms with Gasteiger partial charge in [-0.3, -0.25) is 9.63 Å². The number of rotatable bonds is 6. The molecule has 0 radical (unpaired) electrons. The van der Waals surface area contributed by atoms with Crippen LogP contribution in [0, 0.1) is 5.82 Å². The first kappa shape index (κ1) is 12.8. The van der Waals surface area contributed by atoms with Gasteiger partial charge in [0.05, 0.1) is 6.20 Å². The summed E-state index contributed by atoms with van der Waals surface area (Å²) in [6, 6.07) is 0. The lowest BCUT2D eigenvalue weighted by Gasteiger charge is -2.06. The molecule has 0 saturated heterocycles. The van der Waals surface area contributed by atoms with E-state index in [1.54, 1.807) is 6.26 Å². The highest BCUT2D eigenvalue weighted by atomic mass is 32.2. The fraction of sp³-hybridized carbons (Fsp3) is 0.500. The fourth-order valence-corrected chi connectivity index (χ4v) is 1.59. The van der Waals surface area contributed by atoms with E-state index >= 15 is 0 Å². The Labute approximate surface area is 95.3 Å². The number of aromatic nitrogens is 2. The summed E-state index contributed by atoms with van der Waals surface area (Å²) in [4.78, 5) is 7.40. The third-order valence-electron chi connectivity index (χ3n) is 1.77. The Balaban J connectivity index is 2.49. The monoisotopic (exact) mass is 247 g/mol. The molecule has 1 unspecified atom stereocenters.